The number of anilines is 1. The zero-order valence-corrected chi connectivity index (χ0v) is 15.6. The molecule has 0 aliphatic heterocycles. The van der Waals surface area contributed by atoms with Crippen LogP contribution in [-0.2, 0) is 0 Å². The van der Waals surface area contributed by atoms with E-state index < -0.39 is 4.92 Å². The number of thiazole rings is 1. The summed E-state index contributed by atoms with van der Waals surface area (Å²) in [4.78, 5) is 31.9. The number of nitrogens with zero attached hydrogens (tertiary/aromatic N) is 3. The monoisotopic (exact) mass is 390 g/mol. The molecule has 28 heavy (non-hydrogen) atoms. The fourth-order valence-electron chi connectivity index (χ4n) is 2.77. The summed E-state index contributed by atoms with van der Waals surface area (Å²) in [6.45, 7) is 1.90. The number of nitro groups is 1. The Morgan fingerprint density at radius 3 is 2.75 bits per heavy atom. The lowest BCUT2D eigenvalue weighted by atomic mass is 10.1. The van der Waals surface area contributed by atoms with Crippen LogP contribution in [0.25, 0.3) is 22.2 Å². The van der Waals surface area contributed by atoms with Gasteiger partial charge in [0.05, 0.1) is 16.1 Å². The van der Waals surface area contributed by atoms with E-state index in [9.17, 15) is 14.9 Å². The maximum atomic E-state index is 12.6. The van der Waals surface area contributed by atoms with Crippen molar-refractivity contribution in [3.8, 4) is 11.3 Å². The molecule has 4 aromatic rings. The molecule has 8 heteroatoms. The molecule has 138 valence electrons. The summed E-state index contributed by atoms with van der Waals surface area (Å²) < 4.78 is 0. The van der Waals surface area contributed by atoms with Crippen LogP contribution >= 0.6 is 11.3 Å². The van der Waals surface area contributed by atoms with Crippen molar-refractivity contribution >= 4 is 39.0 Å². The molecular formula is C20H14N4O3S. The highest BCUT2D eigenvalue weighted by Crippen LogP contribution is 2.28. The summed E-state index contributed by atoms with van der Waals surface area (Å²) in [5, 5.41) is 16.8. The van der Waals surface area contributed by atoms with Gasteiger partial charge >= 0.3 is 0 Å². The van der Waals surface area contributed by atoms with E-state index in [1.54, 1.807) is 29.6 Å². The van der Waals surface area contributed by atoms with E-state index in [1.165, 1.54) is 23.5 Å². The van der Waals surface area contributed by atoms with E-state index in [0.717, 1.165) is 16.6 Å². The molecule has 1 N–H and O–H groups in total. The first-order valence-corrected chi connectivity index (χ1v) is 9.27. The fraction of sp³-hybridized carbons (Fsp3) is 0.0500. The van der Waals surface area contributed by atoms with Crippen LogP contribution in [-0.4, -0.2) is 20.8 Å². The number of aromatic nitrogens is 2. The number of amides is 1. The number of non-ortho nitro benzene ring substituents is 1. The third-order valence-corrected chi connectivity index (χ3v) is 4.93. The highest BCUT2D eigenvalue weighted by molar-refractivity contribution is 7.14. The van der Waals surface area contributed by atoms with E-state index in [2.05, 4.69) is 15.3 Å². The predicted molar refractivity (Wildman–Crippen MR) is 109 cm³/mol. The number of benzene rings is 2. The molecule has 0 unspecified atom stereocenters. The third kappa shape index (κ3) is 3.58. The van der Waals surface area contributed by atoms with Crippen LogP contribution in [0, 0.1) is 17.0 Å². The normalized spacial score (nSPS) is 10.8. The molecule has 0 aliphatic rings. The summed E-state index contributed by atoms with van der Waals surface area (Å²) in [5.74, 6) is -0.287. The Morgan fingerprint density at radius 2 is 1.93 bits per heavy atom. The standard InChI is InChI=1S/C20H14N4O3S/c1-12-5-6-13-7-8-15(10-17(13)21-12)19(25)23-20-22-18(11-28-20)14-3-2-4-16(9-14)24(26)27/h2-11H,1H3,(H,22,23,25). The van der Waals surface area contributed by atoms with Crippen molar-refractivity contribution in [2.24, 2.45) is 0 Å². The van der Waals surface area contributed by atoms with Crippen molar-refractivity contribution in [2.45, 2.75) is 6.92 Å². The molecule has 2 heterocycles. The summed E-state index contributed by atoms with van der Waals surface area (Å²) >= 11 is 1.26. The van der Waals surface area contributed by atoms with Crippen molar-refractivity contribution in [2.75, 3.05) is 5.32 Å². The number of rotatable bonds is 4. The van der Waals surface area contributed by atoms with Crippen molar-refractivity contribution in [3.63, 3.8) is 0 Å². The molecule has 0 aliphatic carbocycles. The molecule has 0 saturated carbocycles. The maximum Gasteiger partial charge on any atom is 0.270 e. The van der Waals surface area contributed by atoms with E-state index in [-0.39, 0.29) is 11.6 Å². The van der Waals surface area contributed by atoms with Crippen molar-refractivity contribution in [1.82, 2.24) is 9.97 Å². The summed E-state index contributed by atoms with van der Waals surface area (Å²) in [7, 11) is 0. The van der Waals surface area contributed by atoms with Crippen molar-refractivity contribution < 1.29 is 9.72 Å². The van der Waals surface area contributed by atoms with Gasteiger partial charge in [0, 0.05) is 39.7 Å². The van der Waals surface area contributed by atoms with Gasteiger partial charge in [-0.1, -0.05) is 24.3 Å². The number of aryl methyl sites for hydroxylation is 1. The quantitative estimate of drug-likeness (QED) is 0.398. The van der Waals surface area contributed by atoms with Crippen LogP contribution in [0.5, 0.6) is 0 Å². The van der Waals surface area contributed by atoms with Crippen LogP contribution in [0.3, 0.4) is 0 Å². The van der Waals surface area contributed by atoms with Gasteiger partial charge in [-0.25, -0.2) is 4.98 Å². The first-order valence-electron chi connectivity index (χ1n) is 8.39. The second-order valence-electron chi connectivity index (χ2n) is 6.16. The van der Waals surface area contributed by atoms with Crippen molar-refractivity contribution in [3.05, 3.63) is 81.3 Å². The molecule has 4 rings (SSSR count). The second kappa shape index (κ2) is 7.16. The van der Waals surface area contributed by atoms with Crippen LogP contribution in [0.2, 0.25) is 0 Å². The Labute approximate surface area is 163 Å². The van der Waals surface area contributed by atoms with Gasteiger partial charge in [0.2, 0.25) is 0 Å². The van der Waals surface area contributed by atoms with Gasteiger partial charge in [0.25, 0.3) is 11.6 Å². The zero-order chi connectivity index (χ0) is 19.7. The molecule has 0 fully saturated rings. The van der Waals surface area contributed by atoms with Crippen LogP contribution in [0.15, 0.2) is 60.0 Å². The summed E-state index contributed by atoms with van der Waals surface area (Å²) in [6, 6.07) is 15.5. The molecule has 0 radical (unpaired) electrons. The maximum absolute atomic E-state index is 12.6. The average molecular weight is 390 g/mol. The lowest BCUT2D eigenvalue weighted by Gasteiger charge is -2.04. The first kappa shape index (κ1) is 17.7. The molecule has 1 amide bonds. The van der Waals surface area contributed by atoms with E-state index in [1.807, 2.05) is 25.1 Å². The SMILES string of the molecule is Cc1ccc2ccc(C(=O)Nc3nc(-c4cccc([N+](=O)[O-])c4)cs3)cc2n1. The molecular weight excluding hydrogens is 376 g/mol. The number of fused-ring (bicyclic) bond motifs is 1. The molecule has 0 atom stereocenters. The van der Waals surface area contributed by atoms with Gasteiger partial charge in [-0.2, -0.15) is 0 Å². The van der Waals surface area contributed by atoms with Crippen molar-refractivity contribution in [1.29, 1.82) is 0 Å². The highest BCUT2D eigenvalue weighted by atomic mass is 32.1. The molecule has 2 aromatic heterocycles. The zero-order valence-electron chi connectivity index (χ0n) is 14.7. The number of nitrogens with one attached hydrogen (secondary N) is 1. The fourth-order valence-corrected chi connectivity index (χ4v) is 3.49. The van der Waals surface area contributed by atoms with E-state index in [4.69, 9.17) is 0 Å². The number of nitro benzene ring substituents is 1. The Balaban J connectivity index is 1.56. The van der Waals surface area contributed by atoms with Gasteiger partial charge < -0.3 is 0 Å². The molecule has 0 saturated heterocycles. The third-order valence-electron chi connectivity index (χ3n) is 4.17. The number of pyridine rings is 1. The Kier molecular flexibility index (Phi) is 4.54. The summed E-state index contributed by atoms with van der Waals surface area (Å²) in [5.41, 5.74) is 3.31. The van der Waals surface area contributed by atoms with Gasteiger partial charge in [-0.3, -0.25) is 25.2 Å². The number of carbonyl (C=O) groups excluding carboxylic acids is 1. The van der Waals surface area contributed by atoms with Crippen LogP contribution in [0.4, 0.5) is 10.8 Å². The Hall–Kier alpha value is -3.65. The van der Waals surface area contributed by atoms with E-state index in [0.29, 0.717) is 22.0 Å². The lowest BCUT2D eigenvalue weighted by molar-refractivity contribution is -0.384. The molecule has 2 aromatic carbocycles. The minimum Gasteiger partial charge on any atom is -0.298 e. The number of hydrogen-bond donors (Lipinski definition) is 1. The Bertz CT molecular complexity index is 1220. The van der Waals surface area contributed by atoms with Gasteiger partial charge in [-0.15, -0.1) is 11.3 Å². The second-order valence-corrected chi connectivity index (χ2v) is 7.02. The Morgan fingerprint density at radius 1 is 1.11 bits per heavy atom. The van der Waals surface area contributed by atoms with Crippen LogP contribution < -0.4 is 5.32 Å². The smallest absolute Gasteiger partial charge is 0.270 e. The molecule has 0 bridgehead atoms. The average Bonchev–Trinajstić information content (AvgIpc) is 3.16. The minimum atomic E-state index is -0.450. The topological polar surface area (TPSA) is 98.0 Å². The van der Waals surface area contributed by atoms with Gasteiger partial charge in [-0.05, 0) is 25.1 Å². The van der Waals surface area contributed by atoms with E-state index >= 15 is 0 Å². The van der Waals surface area contributed by atoms with Gasteiger partial charge in [0.1, 0.15) is 0 Å². The predicted octanol–water partition coefficient (Wildman–Crippen LogP) is 4.83. The number of carbonyl (C=O) groups is 1. The van der Waals surface area contributed by atoms with Crippen LogP contribution in [0.1, 0.15) is 16.1 Å². The lowest BCUT2D eigenvalue weighted by Crippen LogP contribution is -2.11. The van der Waals surface area contributed by atoms with Gasteiger partial charge in [0.15, 0.2) is 5.13 Å². The number of hydrogen-bond acceptors (Lipinski definition) is 6. The molecule has 0 spiro atoms. The first-order chi connectivity index (χ1) is 13.5. The molecule has 7 nitrogen and oxygen atoms in total. The summed E-state index contributed by atoms with van der Waals surface area (Å²) in [6.07, 6.45) is 0. The minimum absolute atomic E-state index is 0.00459. The largest absolute Gasteiger partial charge is 0.298 e. The highest BCUT2D eigenvalue weighted by Gasteiger charge is 2.13.